The molecule has 0 aromatic carbocycles. The lowest BCUT2D eigenvalue weighted by molar-refractivity contribution is 0.0940. The minimum absolute atomic E-state index is 0.103. The lowest BCUT2D eigenvalue weighted by atomic mass is 10.2. The molecule has 16 heavy (non-hydrogen) atoms. The van der Waals surface area contributed by atoms with Crippen LogP contribution < -0.4 is 10.6 Å². The van der Waals surface area contributed by atoms with E-state index in [4.69, 9.17) is 0 Å². The van der Waals surface area contributed by atoms with E-state index in [0.29, 0.717) is 16.2 Å². The zero-order valence-corrected chi connectivity index (χ0v) is 10.7. The summed E-state index contributed by atoms with van der Waals surface area (Å²) in [4.78, 5) is 11.8. The van der Waals surface area contributed by atoms with Gasteiger partial charge in [-0.05, 0) is 19.1 Å². The Bertz CT molecular complexity index is 362. The van der Waals surface area contributed by atoms with E-state index in [2.05, 4.69) is 20.8 Å². The van der Waals surface area contributed by atoms with Crippen LogP contribution in [0, 0.1) is 0 Å². The first kappa shape index (κ1) is 11.7. The van der Waals surface area contributed by atoms with Crippen molar-refractivity contribution in [3.05, 3.63) is 5.01 Å². The van der Waals surface area contributed by atoms with Crippen molar-refractivity contribution in [2.24, 2.45) is 0 Å². The molecule has 1 aliphatic heterocycles. The van der Waals surface area contributed by atoms with Crippen LogP contribution >= 0.6 is 23.1 Å². The average molecular weight is 258 g/mol. The highest BCUT2D eigenvalue weighted by molar-refractivity contribution is 7.99. The minimum atomic E-state index is -0.103. The van der Waals surface area contributed by atoms with E-state index in [-0.39, 0.29) is 5.91 Å². The molecule has 0 aliphatic carbocycles. The first-order chi connectivity index (χ1) is 7.79. The molecule has 1 atom stereocenters. The van der Waals surface area contributed by atoms with Crippen molar-refractivity contribution >= 4 is 34.1 Å². The van der Waals surface area contributed by atoms with Gasteiger partial charge in [-0.3, -0.25) is 4.79 Å². The molecule has 7 heteroatoms. The fraction of sp³-hybridized carbons (Fsp3) is 0.667. The Morgan fingerprint density at radius 1 is 1.56 bits per heavy atom. The minimum Gasteiger partial charge on any atom is -0.360 e. The highest BCUT2D eigenvalue weighted by Crippen LogP contribution is 2.19. The Morgan fingerprint density at radius 3 is 3.12 bits per heavy atom. The molecule has 2 N–H and O–H groups in total. The lowest BCUT2D eigenvalue weighted by Crippen LogP contribution is -2.34. The predicted molar refractivity (Wildman–Crippen MR) is 67.3 cm³/mol. The van der Waals surface area contributed by atoms with E-state index < -0.39 is 0 Å². The maximum Gasteiger partial charge on any atom is 0.282 e. The zero-order valence-electron chi connectivity index (χ0n) is 9.02. The summed E-state index contributed by atoms with van der Waals surface area (Å²) in [6.45, 7) is 2.77. The van der Waals surface area contributed by atoms with Gasteiger partial charge in [-0.1, -0.05) is 11.3 Å². The van der Waals surface area contributed by atoms with Gasteiger partial charge in [-0.15, -0.1) is 10.2 Å². The van der Waals surface area contributed by atoms with Crippen molar-refractivity contribution in [3.63, 3.8) is 0 Å². The van der Waals surface area contributed by atoms with Crippen molar-refractivity contribution in [2.75, 3.05) is 23.4 Å². The highest BCUT2D eigenvalue weighted by atomic mass is 32.2. The molecule has 1 unspecified atom stereocenters. The van der Waals surface area contributed by atoms with Crippen LogP contribution in [-0.2, 0) is 0 Å². The largest absolute Gasteiger partial charge is 0.360 e. The summed E-state index contributed by atoms with van der Waals surface area (Å²) in [5, 5.41) is 14.9. The summed E-state index contributed by atoms with van der Waals surface area (Å²) >= 11 is 3.17. The van der Waals surface area contributed by atoms with E-state index in [0.717, 1.165) is 24.5 Å². The summed E-state index contributed by atoms with van der Waals surface area (Å²) in [5.74, 6) is 2.03. The number of hydrogen-bond donors (Lipinski definition) is 2. The molecule has 5 nitrogen and oxygen atoms in total. The maximum absolute atomic E-state index is 11.8. The van der Waals surface area contributed by atoms with Crippen molar-refractivity contribution in [1.29, 1.82) is 0 Å². The van der Waals surface area contributed by atoms with Gasteiger partial charge in [0.15, 0.2) is 0 Å². The van der Waals surface area contributed by atoms with Gasteiger partial charge in [0.2, 0.25) is 10.1 Å². The third kappa shape index (κ3) is 2.85. The molecule has 1 saturated heterocycles. The second-order valence-electron chi connectivity index (χ2n) is 3.48. The summed E-state index contributed by atoms with van der Waals surface area (Å²) in [5.41, 5.74) is 0. The molecule has 0 radical (unpaired) electrons. The number of nitrogens with zero attached hydrogens (tertiary/aromatic N) is 2. The average Bonchev–Trinajstić information content (AvgIpc) is 2.89. The van der Waals surface area contributed by atoms with Gasteiger partial charge in [0, 0.05) is 18.3 Å². The fourth-order valence-corrected chi connectivity index (χ4v) is 3.30. The van der Waals surface area contributed by atoms with Gasteiger partial charge in [0.25, 0.3) is 5.91 Å². The molecule has 0 saturated carbocycles. The second kappa shape index (κ2) is 5.49. The van der Waals surface area contributed by atoms with Crippen LogP contribution in [-0.4, -0.2) is 40.2 Å². The number of carbonyl (C=O) groups is 1. The van der Waals surface area contributed by atoms with Gasteiger partial charge in [0.05, 0.1) is 0 Å². The monoisotopic (exact) mass is 258 g/mol. The SMILES string of the molecule is CCNc1nnc(C(=O)NC2CCSC2)s1. The second-order valence-corrected chi connectivity index (χ2v) is 5.60. The molecule has 0 bridgehead atoms. The van der Waals surface area contributed by atoms with Crippen LogP contribution in [0.3, 0.4) is 0 Å². The van der Waals surface area contributed by atoms with Gasteiger partial charge in [-0.2, -0.15) is 11.8 Å². The first-order valence-electron chi connectivity index (χ1n) is 5.25. The molecule has 0 spiro atoms. The van der Waals surface area contributed by atoms with Crippen molar-refractivity contribution in [2.45, 2.75) is 19.4 Å². The molecule has 1 amide bonds. The number of thioether (sulfide) groups is 1. The zero-order chi connectivity index (χ0) is 11.4. The Balaban J connectivity index is 1.91. The maximum atomic E-state index is 11.8. The van der Waals surface area contributed by atoms with Crippen LogP contribution in [0.2, 0.25) is 0 Å². The van der Waals surface area contributed by atoms with Gasteiger partial charge in [0.1, 0.15) is 0 Å². The molecular weight excluding hydrogens is 244 g/mol. The van der Waals surface area contributed by atoms with Gasteiger partial charge in [-0.25, -0.2) is 0 Å². The predicted octanol–water partition coefficient (Wildman–Crippen LogP) is 1.21. The number of amides is 1. The third-order valence-corrected chi connectivity index (χ3v) is 4.25. The summed E-state index contributed by atoms with van der Waals surface area (Å²) in [7, 11) is 0. The molecule has 2 heterocycles. The van der Waals surface area contributed by atoms with E-state index >= 15 is 0 Å². The third-order valence-electron chi connectivity index (χ3n) is 2.21. The fourth-order valence-electron chi connectivity index (χ4n) is 1.43. The van der Waals surface area contributed by atoms with E-state index in [1.807, 2.05) is 18.7 Å². The molecular formula is C9H14N4OS2. The van der Waals surface area contributed by atoms with Crippen LogP contribution in [0.4, 0.5) is 5.13 Å². The number of hydrogen-bond acceptors (Lipinski definition) is 6. The number of aromatic nitrogens is 2. The van der Waals surface area contributed by atoms with Crippen LogP contribution in [0.25, 0.3) is 0 Å². The molecule has 1 aromatic heterocycles. The van der Waals surface area contributed by atoms with Gasteiger partial charge >= 0.3 is 0 Å². The van der Waals surface area contributed by atoms with E-state index in [1.54, 1.807) is 0 Å². The first-order valence-corrected chi connectivity index (χ1v) is 7.22. The number of nitrogens with one attached hydrogen (secondary N) is 2. The number of anilines is 1. The normalized spacial score (nSPS) is 19.7. The highest BCUT2D eigenvalue weighted by Gasteiger charge is 2.20. The van der Waals surface area contributed by atoms with E-state index in [1.165, 1.54) is 11.3 Å². The molecule has 1 aromatic rings. The molecule has 1 fully saturated rings. The van der Waals surface area contributed by atoms with Crippen LogP contribution in [0.1, 0.15) is 23.1 Å². The van der Waals surface area contributed by atoms with Crippen LogP contribution in [0.5, 0.6) is 0 Å². The Labute approximate surface area is 102 Å². The Hall–Kier alpha value is -0.820. The number of carbonyl (C=O) groups excluding carboxylic acids is 1. The Morgan fingerprint density at radius 2 is 2.44 bits per heavy atom. The lowest BCUT2D eigenvalue weighted by Gasteiger charge is -2.08. The molecule has 2 rings (SSSR count). The molecule has 88 valence electrons. The van der Waals surface area contributed by atoms with Crippen molar-refractivity contribution in [1.82, 2.24) is 15.5 Å². The topological polar surface area (TPSA) is 66.9 Å². The van der Waals surface area contributed by atoms with E-state index in [9.17, 15) is 4.79 Å². The quantitative estimate of drug-likeness (QED) is 0.849. The Kier molecular flexibility index (Phi) is 4.00. The summed E-state index contributed by atoms with van der Waals surface area (Å²) in [6, 6.07) is 0.295. The summed E-state index contributed by atoms with van der Waals surface area (Å²) < 4.78 is 0. The smallest absolute Gasteiger partial charge is 0.282 e. The number of rotatable bonds is 4. The summed E-state index contributed by atoms with van der Waals surface area (Å²) in [6.07, 6.45) is 1.05. The van der Waals surface area contributed by atoms with Crippen LogP contribution in [0.15, 0.2) is 0 Å². The molecule has 1 aliphatic rings. The van der Waals surface area contributed by atoms with Crippen molar-refractivity contribution in [3.8, 4) is 0 Å². The standard InChI is InChI=1S/C9H14N4OS2/c1-2-10-9-13-12-8(16-9)7(14)11-6-3-4-15-5-6/h6H,2-5H2,1H3,(H,10,13)(H,11,14). The van der Waals surface area contributed by atoms with Gasteiger partial charge < -0.3 is 10.6 Å². The van der Waals surface area contributed by atoms with Crippen molar-refractivity contribution < 1.29 is 4.79 Å².